The Bertz CT molecular complexity index is 526. The predicted molar refractivity (Wildman–Crippen MR) is 75.0 cm³/mol. The first-order valence-corrected chi connectivity index (χ1v) is 6.44. The maximum atomic E-state index is 13.3. The van der Waals surface area contributed by atoms with Gasteiger partial charge in [0.2, 0.25) is 0 Å². The van der Waals surface area contributed by atoms with Gasteiger partial charge in [-0.3, -0.25) is 0 Å². The quantitative estimate of drug-likeness (QED) is 0.722. The zero-order valence-electron chi connectivity index (χ0n) is 11.3. The van der Waals surface area contributed by atoms with E-state index in [2.05, 4.69) is 0 Å². The number of halogens is 1. The molecule has 0 aliphatic heterocycles. The largest absolute Gasteiger partial charge is 0.497 e. The van der Waals surface area contributed by atoms with E-state index in [0.717, 1.165) is 11.5 Å². The summed E-state index contributed by atoms with van der Waals surface area (Å²) in [6.07, 6.45) is 0.681. The second-order valence-electron chi connectivity index (χ2n) is 4.16. The van der Waals surface area contributed by atoms with Crippen LogP contribution in [0.4, 0.5) is 4.39 Å². The molecule has 0 saturated heterocycles. The third-order valence-electron chi connectivity index (χ3n) is 2.71. The highest BCUT2D eigenvalue weighted by atomic mass is 19.1. The third-order valence-corrected chi connectivity index (χ3v) is 2.71. The topological polar surface area (TPSA) is 27.7 Å². The minimum Gasteiger partial charge on any atom is -0.497 e. The van der Waals surface area contributed by atoms with Gasteiger partial charge in [-0.25, -0.2) is 4.39 Å². The van der Waals surface area contributed by atoms with Crippen LogP contribution in [0.3, 0.4) is 0 Å². The molecule has 2 aromatic carbocycles. The molecule has 0 heterocycles. The average Bonchev–Trinajstić information content (AvgIpc) is 2.49. The van der Waals surface area contributed by atoms with E-state index >= 15 is 0 Å². The van der Waals surface area contributed by atoms with Gasteiger partial charge in [0, 0.05) is 6.42 Å². The van der Waals surface area contributed by atoms with E-state index in [1.54, 1.807) is 25.3 Å². The summed E-state index contributed by atoms with van der Waals surface area (Å²) >= 11 is 0. The van der Waals surface area contributed by atoms with Gasteiger partial charge in [-0.05, 0) is 36.4 Å². The van der Waals surface area contributed by atoms with Crippen molar-refractivity contribution in [2.75, 3.05) is 20.3 Å². The summed E-state index contributed by atoms with van der Waals surface area (Å²) in [6.45, 7) is 0.928. The molecule has 4 heteroatoms. The van der Waals surface area contributed by atoms with Crippen molar-refractivity contribution in [3.05, 3.63) is 54.3 Å². The highest BCUT2D eigenvalue weighted by Gasteiger charge is 2.01. The van der Waals surface area contributed by atoms with Crippen LogP contribution in [0.25, 0.3) is 0 Å². The van der Waals surface area contributed by atoms with E-state index < -0.39 is 0 Å². The fourth-order valence-corrected chi connectivity index (χ4v) is 1.66. The monoisotopic (exact) mass is 276 g/mol. The van der Waals surface area contributed by atoms with E-state index in [4.69, 9.17) is 14.2 Å². The van der Waals surface area contributed by atoms with Gasteiger partial charge in [0.25, 0.3) is 0 Å². The average molecular weight is 276 g/mol. The van der Waals surface area contributed by atoms with Crippen LogP contribution in [0.15, 0.2) is 48.5 Å². The molecule has 0 unspecified atom stereocenters. The zero-order chi connectivity index (χ0) is 14.2. The summed E-state index contributed by atoms with van der Waals surface area (Å²) < 4.78 is 29.2. The third kappa shape index (κ3) is 4.16. The van der Waals surface area contributed by atoms with Gasteiger partial charge in [0.05, 0.1) is 20.3 Å². The molecular formula is C16H17FO3. The molecule has 0 spiro atoms. The molecule has 0 N–H and O–H groups in total. The summed E-state index contributed by atoms with van der Waals surface area (Å²) in [5.74, 6) is 1.50. The summed E-state index contributed by atoms with van der Waals surface area (Å²) in [4.78, 5) is 0. The molecule has 3 nitrogen and oxygen atoms in total. The zero-order valence-corrected chi connectivity index (χ0v) is 11.3. The van der Waals surface area contributed by atoms with Crippen molar-refractivity contribution in [2.45, 2.75) is 6.42 Å². The van der Waals surface area contributed by atoms with Crippen molar-refractivity contribution < 1.29 is 18.6 Å². The highest BCUT2D eigenvalue weighted by molar-refractivity contribution is 5.31. The lowest BCUT2D eigenvalue weighted by atomic mass is 10.3. The molecule has 106 valence electrons. The van der Waals surface area contributed by atoms with E-state index in [1.807, 2.05) is 24.3 Å². The lowest BCUT2D eigenvalue weighted by molar-refractivity contribution is 0.241. The normalized spacial score (nSPS) is 10.1. The second kappa shape index (κ2) is 7.38. The summed E-state index contributed by atoms with van der Waals surface area (Å²) in [7, 11) is 1.62. The molecule has 20 heavy (non-hydrogen) atoms. The Morgan fingerprint density at radius 3 is 2.20 bits per heavy atom. The number of ether oxygens (including phenoxy) is 3. The molecule has 0 aromatic heterocycles. The van der Waals surface area contributed by atoms with Crippen LogP contribution in [0, 0.1) is 5.82 Å². The molecule has 0 aliphatic rings. The molecule has 0 aliphatic carbocycles. The van der Waals surface area contributed by atoms with Crippen LogP contribution in [0.1, 0.15) is 6.42 Å². The van der Waals surface area contributed by atoms with Crippen LogP contribution in [-0.4, -0.2) is 20.3 Å². The molecule has 2 rings (SSSR count). The fourth-order valence-electron chi connectivity index (χ4n) is 1.66. The van der Waals surface area contributed by atoms with Crippen molar-refractivity contribution in [3.63, 3.8) is 0 Å². The van der Waals surface area contributed by atoms with Crippen molar-refractivity contribution in [1.82, 2.24) is 0 Å². The summed E-state index contributed by atoms with van der Waals surface area (Å²) in [5.41, 5.74) is 0. The van der Waals surface area contributed by atoms with Crippen molar-refractivity contribution >= 4 is 0 Å². The Hall–Kier alpha value is -2.23. The SMILES string of the molecule is COc1ccc(OCCCOc2ccccc2F)cc1. The van der Waals surface area contributed by atoms with Crippen LogP contribution < -0.4 is 14.2 Å². The van der Waals surface area contributed by atoms with E-state index in [-0.39, 0.29) is 11.6 Å². The molecule has 0 fully saturated rings. The van der Waals surface area contributed by atoms with Crippen LogP contribution in [0.5, 0.6) is 17.2 Å². The first-order valence-electron chi connectivity index (χ1n) is 6.44. The number of rotatable bonds is 7. The number of hydrogen-bond donors (Lipinski definition) is 0. The molecule has 0 saturated carbocycles. The van der Waals surface area contributed by atoms with Crippen molar-refractivity contribution in [1.29, 1.82) is 0 Å². The van der Waals surface area contributed by atoms with Gasteiger partial charge >= 0.3 is 0 Å². The number of benzene rings is 2. The number of hydrogen-bond acceptors (Lipinski definition) is 3. The summed E-state index contributed by atoms with van der Waals surface area (Å²) in [5, 5.41) is 0. The second-order valence-corrected chi connectivity index (χ2v) is 4.16. The van der Waals surface area contributed by atoms with Gasteiger partial charge < -0.3 is 14.2 Å². The maximum Gasteiger partial charge on any atom is 0.165 e. The smallest absolute Gasteiger partial charge is 0.165 e. The minimum absolute atomic E-state index is 0.275. The standard InChI is InChI=1S/C16H17FO3/c1-18-13-7-9-14(10-8-13)19-11-4-12-20-16-6-3-2-5-15(16)17/h2-3,5-10H,4,11-12H2,1H3. The van der Waals surface area contributed by atoms with E-state index in [1.165, 1.54) is 6.07 Å². The first-order chi connectivity index (χ1) is 9.79. The van der Waals surface area contributed by atoms with Gasteiger partial charge in [0.15, 0.2) is 11.6 Å². The van der Waals surface area contributed by atoms with Crippen LogP contribution in [-0.2, 0) is 0 Å². The number of methoxy groups -OCH3 is 1. The number of para-hydroxylation sites is 1. The first kappa shape index (κ1) is 14.2. The Morgan fingerprint density at radius 2 is 1.50 bits per heavy atom. The van der Waals surface area contributed by atoms with Crippen LogP contribution >= 0.6 is 0 Å². The summed E-state index contributed by atoms with van der Waals surface area (Å²) in [6, 6.07) is 13.7. The van der Waals surface area contributed by atoms with E-state index in [9.17, 15) is 4.39 Å². The molecule has 0 atom stereocenters. The van der Waals surface area contributed by atoms with Crippen molar-refractivity contribution in [3.8, 4) is 17.2 Å². The fraction of sp³-hybridized carbons (Fsp3) is 0.250. The lowest BCUT2D eigenvalue weighted by Crippen LogP contribution is -2.05. The van der Waals surface area contributed by atoms with Gasteiger partial charge in [-0.1, -0.05) is 12.1 Å². The Balaban J connectivity index is 1.67. The minimum atomic E-state index is -0.344. The molecule has 0 bridgehead atoms. The van der Waals surface area contributed by atoms with E-state index in [0.29, 0.717) is 19.6 Å². The molecule has 2 aromatic rings. The Kier molecular flexibility index (Phi) is 5.24. The van der Waals surface area contributed by atoms with Gasteiger partial charge in [-0.2, -0.15) is 0 Å². The van der Waals surface area contributed by atoms with Gasteiger partial charge in [-0.15, -0.1) is 0 Å². The highest BCUT2D eigenvalue weighted by Crippen LogP contribution is 2.18. The molecular weight excluding hydrogens is 259 g/mol. The Labute approximate surface area is 117 Å². The Morgan fingerprint density at radius 1 is 0.850 bits per heavy atom. The van der Waals surface area contributed by atoms with Crippen molar-refractivity contribution in [2.24, 2.45) is 0 Å². The lowest BCUT2D eigenvalue weighted by Gasteiger charge is -2.09. The molecule has 0 radical (unpaired) electrons. The van der Waals surface area contributed by atoms with Gasteiger partial charge in [0.1, 0.15) is 11.5 Å². The predicted octanol–water partition coefficient (Wildman–Crippen LogP) is 3.68. The van der Waals surface area contributed by atoms with Crippen LogP contribution in [0.2, 0.25) is 0 Å². The maximum absolute atomic E-state index is 13.3. The molecule has 0 amide bonds.